The number of aliphatic hydroxyl groups is 4. The molecule has 5 atom stereocenters. The highest BCUT2D eigenvalue weighted by atomic mass is 32.1. The highest BCUT2D eigenvalue weighted by Crippen LogP contribution is 2.22. The van der Waals surface area contributed by atoms with Gasteiger partial charge in [0, 0.05) is 0 Å². The van der Waals surface area contributed by atoms with Crippen LogP contribution in [0, 0.1) is 0 Å². The van der Waals surface area contributed by atoms with Crippen LogP contribution < -0.4 is 0 Å². The zero-order valence-electron chi connectivity index (χ0n) is 6.65. The molecule has 0 aliphatic carbocycles. The first-order valence-corrected chi connectivity index (χ1v) is 4.09. The number of hydrogen-bond donors (Lipinski definition) is 5. The van der Waals surface area contributed by atoms with Gasteiger partial charge in [-0.25, -0.2) is 0 Å². The molecule has 1 rings (SSSR count). The highest BCUT2D eigenvalue weighted by molar-refractivity contribution is 7.75. The molecule has 0 spiro atoms. The zero-order chi connectivity index (χ0) is 10.0. The van der Waals surface area contributed by atoms with Crippen molar-refractivity contribution >= 4 is 12.9 Å². The third kappa shape index (κ3) is 2.13. The fraction of sp³-hybridized carbons (Fsp3) is 1.00. The molecule has 78 valence electrons. The van der Waals surface area contributed by atoms with E-state index < -0.39 is 37.3 Å². The molecule has 0 saturated carbocycles. The van der Waals surface area contributed by atoms with Crippen LogP contribution in [0.25, 0.3) is 0 Å². The molecule has 0 amide bonds. The van der Waals surface area contributed by atoms with Crippen LogP contribution in [-0.4, -0.2) is 57.7 Å². The van der Waals surface area contributed by atoms with Gasteiger partial charge in [-0.1, -0.05) is 0 Å². The molecule has 0 radical (unpaired) electrons. The van der Waals surface area contributed by atoms with Crippen molar-refractivity contribution in [1.29, 1.82) is 0 Å². The number of ether oxygens (including phenoxy) is 1. The molecule has 1 heterocycles. The first-order valence-electron chi connectivity index (χ1n) is 3.72. The van der Waals surface area contributed by atoms with Gasteiger partial charge in [-0.2, -0.15) is 0 Å². The molecule has 1 aliphatic rings. The summed E-state index contributed by atoms with van der Waals surface area (Å²) in [6, 6.07) is 0. The molecule has 0 aromatic heterocycles. The lowest BCUT2D eigenvalue weighted by Crippen LogP contribution is -2.58. The van der Waals surface area contributed by atoms with Crippen molar-refractivity contribution in [1.82, 2.24) is 0 Å². The van der Waals surface area contributed by atoms with Gasteiger partial charge in [0.05, 0.1) is 6.61 Å². The van der Waals surface area contributed by atoms with Crippen molar-refractivity contribution in [3.05, 3.63) is 0 Å². The van der Waals surface area contributed by atoms with E-state index >= 15 is 0 Å². The Morgan fingerprint density at radius 3 is 2.31 bits per heavy atom. The SMILES string of the molecule is OCC1OC(O)C(O)C(O)C1OS. The van der Waals surface area contributed by atoms with Crippen LogP contribution in [0.5, 0.6) is 0 Å². The first kappa shape index (κ1) is 11.2. The lowest BCUT2D eigenvalue weighted by molar-refractivity contribution is -0.280. The third-order valence-electron chi connectivity index (χ3n) is 1.96. The van der Waals surface area contributed by atoms with E-state index in [1.807, 2.05) is 0 Å². The molecule has 7 heteroatoms. The van der Waals surface area contributed by atoms with Crippen molar-refractivity contribution in [2.24, 2.45) is 0 Å². The smallest absolute Gasteiger partial charge is 0.184 e. The van der Waals surface area contributed by atoms with Crippen molar-refractivity contribution in [3.63, 3.8) is 0 Å². The standard InChI is InChI=1S/C6H12O6S/c7-1-2-5(12-13)3(8)4(9)6(10)11-2/h2-10,13H,1H2. The number of aliphatic hydroxyl groups excluding tert-OH is 4. The number of rotatable bonds is 2. The van der Waals surface area contributed by atoms with Crippen LogP contribution in [-0.2, 0) is 8.92 Å². The van der Waals surface area contributed by atoms with E-state index in [0.717, 1.165) is 0 Å². The third-order valence-corrected chi connectivity index (χ3v) is 2.20. The van der Waals surface area contributed by atoms with Crippen LogP contribution >= 0.6 is 12.9 Å². The minimum atomic E-state index is -1.52. The van der Waals surface area contributed by atoms with Crippen LogP contribution in [0.3, 0.4) is 0 Å². The molecule has 0 aromatic carbocycles. The van der Waals surface area contributed by atoms with Gasteiger partial charge in [0.2, 0.25) is 0 Å². The van der Waals surface area contributed by atoms with Gasteiger partial charge in [-0.3, -0.25) is 0 Å². The molecule has 1 aliphatic heterocycles. The van der Waals surface area contributed by atoms with E-state index in [1.165, 1.54) is 0 Å². The molecular weight excluding hydrogens is 200 g/mol. The summed E-state index contributed by atoms with van der Waals surface area (Å²) in [6.07, 6.45) is -6.18. The van der Waals surface area contributed by atoms with Crippen LogP contribution in [0.1, 0.15) is 0 Å². The maximum Gasteiger partial charge on any atom is 0.184 e. The normalized spacial score (nSPS) is 46.4. The Bertz CT molecular complexity index is 165. The lowest BCUT2D eigenvalue weighted by Gasteiger charge is -2.38. The predicted octanol–water partition coefficient (Wildman–Crippen LogP) is -2.35. The van der Waals surface area contributed by atoms with Crippen molar-refractivity contribution in [2.45, 2.75) is 30.7 Å². The zero-order valence-corrected chi connectivity index (χ0v) is 7.54. The Hall–Kier alpha value is 0.110. The molecule has 0 aromatic rings. The van der Waals surface area contributed by atoms with Crippen LogP contribution in [0.4, 0.5) is 0 Å². The minimum absolute atomic E-state index is 0.438. The molecule has 1 saturated heterocycles. The topological polar surface area (TPSA) is 99.4 Å². The molecule has 0 bridgehead atoms. The minimum Gasteiger partial charge on any atom is -0.394 e. The van der Waals surface area contributed by atoms with Gasteiger partial charge >= 0.3 is 0 Å². The van der Waals surface area contributed by atoms with Gasteiger partial charge in [0.25, 0.3) is 0 Å². The largest absolute Gasteiger partial charge is 0.394 e. The van der Waals surface area contributed by atoms with Gasteiger partial charge in [-0.15, -0.1) is 0 Å². The molecule has 1 fully saturated rings. The molecule has 4 N–H and O–H groups in total. The van der Waals surface area contributed by atoms with Gasteiger partial charge < -0.3 is 29.3 Å². The fourth-order valence-corrected chi connectivity index (χ4v) is 1.46. The lowest BCUT2D eigenvalue weighted by atomic mass is 9.99. The maximum absolute atomic E-state index is 9.33. The second-order valence-electron chi connectivity index (χ2n) is 2.80. The fourth-order valence-electron chi connectivity index (χ4n) is 1.20. The number of hydrogen-bond acceptors (Lipinski definition) is 7. The summed E-state index contributed by atoms with van der Waals surface area (Å²) < 4.78 is 9.26. The second-order valence-corrected chi connectivity index (χ2v) is 3.01. The Balaban J connectivity index is 2.69. The van der Waals surface area contributed by atoms with Gasteiger partial charge in [-0.05, 0) is 12.9 Å². The summed E-state index contributed by atoms with van der Waals surface area (Å²) >= 11 is 3.46. The van der Waals surface area contributed by atoms with Crippen LogP contribution in [0.2, 0.25) is 0 Å². The average Bonchev–Trinajstić information content (AvgIpc) is 2.13. The molecule has 13 heavy (non-hydrogen) atoms. The molecular formula is C6H12O6S. The van der Waals surface area contributed by atoms with Crippen molar-refractivity contribution in [2.75, 3.05) is 6.61 Å². The number of thiol groups is 1. The first-order chi connectivity index (χ1) is 6.11. The molecule has 5 unspecified atom stereocenters. The average molecular weight is 212 g/mol. The molecule has 6 nitrogen and oxygen atoms in total. The van der Waals surface area contributed by atoms with E-state index in [9.17, 15) is 5.11 Å². The van der Waals surface area contributed by atoms with Crippen LogP contribution in [0.15, 0.2) is 0 Å². The summed E-state index contributed by atoms with van der Waals surface area (Å²) in [5.74, 6) is 0. The summed E-state index contributed by atoms with van der Waals surface area (Å²) in [4.78, 5) is 0. The van der Waals surface area contributed by atoms with Gasteiger partial charge in [0.1, 0.15) is 24.4 Å². The van der Waals surface area contributed by atoms with E-state index in [0.29, 0.717) is 0 Å². The van der Waals surface area contributed by atoms with E-state index in [1.54, 1.807) is 0 Å². The summed E-state index contributed by atoms with van der Waals surface area (Å²) in [5, 5.41) is 36.3. The maximum atomic E-state index is 9.33. The van der Waals surface area contributed by atoms with Crippen molar-refractivity contribution < 1.29 is 29.3 Å². The quantitative estimate of drug-likeness (QED) is 0.259. The van der Waals surface area contributed by atoms with Gasteiger partial charge in [0.15, 0.2) is 6.29 Å². The van der Waals surface area contributed by atoms with E-state index in [4.69, 9.17) is 20.1 Å². The highest BCUT2D eigenvalue weighted by Gasteiger charge is 2.44. The summed E-state index contributed by atoms with van der Waals surface area (Å²) in [6.45, 7) is -0.438. The Labute approximate surface area is 80.3 Å². The van der Waals surface area contributed by atoms with E-state index in [-0.39, 0.29) is 0 Å². The Morgan fingerprint density at radius 1 is 1.23 bits per heavy atom. The second kappa shape index (κ2) is 4.56. The Morgan fingerprint density at radius 2 is 1.85 bits per heavy atom. The Kier molecular flexibility index (Phi) is 3.92. The monoisotopic (exact) mass is 212 g/mol. The summed E-state index contributed by atoms with van der Waals surface area (Å²) in [7, 11) is 0. The predicted molar refractivity (Wildman–Crippen MR) is 43.8 cm³/mol. The van der Waals surface area contributed by atoms with Crippen molar-refractivity contribution in [3.8, 4) is 0 Å². The summed E-state index contributed by atoms with van der Waals surface area (Å²) in [5.41, 5.74) is 0. The van der Waals surface area contributed by atoms with E-state index in [2.05, 4.69) is 17.1 Å².